The van der Waals surface area contributed by atoms with Gasteiger partial charge >= 0.3 is 0 Å². The van der Waals surface area contributed by atoms with Crippen molar-refractivity contribution >= 4 is 45.9 Å². The number of imidazole rings is 1. The van der Waals surface area contributed by atoms with Gasteiger partial charge in [0.15, 0.2) is 5.78 Å². The molecule has 0 bridgehead atoms. The van der Waals surface area contributed by atoms with E-state index in [9.17, 15) is 9.59 Å². The Hall–Kier alpha value is -2.37. The Morgan fingerprint density at radius 3 is 2.54 bits per heavy atom. The van der Waals surface area contributed by atoms with Gasteiger partial charge < -0.3 is 10.3 Å². The zero-order chi connectivity index (χ0) is 26.0. The van der Waals surface area contributed by atoms with Crippen LogP contribution in [0.25, 0.3) is 11.0 Å². The van der Waals surface area contributed by atoms with Gasteiger partial charge in [-0.1, -0.05) is 87.2 Å². The molecule has 196 valence electrons. The van der Waals surface area contributed by atoms with Gasteiger partial charge in [0.05, 0.1) is 16.1 Å². The van der Waals surface area contributed by atoms with E-state index in [0.717, 1.165) is 66.5 Å². The second-order valence-corrected chi connectivity index (χ2v) is 12.0. The Morgan fingerprint density at radius 2 is 1.78 bits per heavy atom. The molecule has 0 spiro atoms. The summed E-state index contributed by atoms with van der Waals surface area (Å²) >= 11 is 13.0. The topological polar surface area (TPSA) is 74.8 Å². The van der Waals surface area contributed by atoms with Crippen molar-refractivity contribution < 1.29 is 9.59 Å². The van der Waals surface area contributed by atoms with Crippen molar-refractivity contribution in [2.45, 2.75) is 84.1 Å². The molecular weight excluding hydrogens is 505 g/mol. The lowest BCUT2D eigenvalue weighted by Crippen LogP contribution is -2.39. The zero-order valence-corrected chi connectivity index (χ0v) is 23.0. The maximum absolute atomic E-state index is 12.9. The third kappa shape index (κ3) is 6.04. The van der Waals surface area contributed by atoms with E-state index in [0.29, 0.717) is 40.9 Å². The van der Waals surface area contributed by atoms with Crippen LogP contribution in [0.1, 0.15) is 98.4 Å². The van der Waals surface area contributed by atoms with Crippen molar-refractivity contribution in [1.82, 2.24) is 15.3 Å². The fourth-order valence-electron chi connectivity index (χ4n) is 5.98. The summed E-state index contributed by atoms with van der Waals surface area (Å²) in [6.45, 7) is 2.55. The number of nitrogens with one attached hydrogen (secondary N) is 2. The number of aromatic nitrogens is 2. The van der Waals surface area contributed by atoms with Gasteiger partial charge in [0.25, 0.3) is 0 Å². The molecule has 7 heteroatoms. The number of H-pyrrole nitrogens is 1. The molecule has 5 nitrogen and oxygen atoms in total. The van der Waals surface area contributed by atoms with Crippen LogP contribution in [0.4, 0.5) is 0 Å². The smallest absolute Gasteiger partial charge is 0.226 e. The van der Waals surface area contributed by atoms with Crippen molar-refractivity contribution in [1.29, 1.82) is 0 Å². The Kier molecular flexibility index (Phi) is 7.92. The summed E-state index contributed by atoms with van der Waals surface area (Å²) in [5.41, 5.74) is 3.76. The predicted octanol–water partition coefficient (Wildman–Crippen LogP) is 7.81. The average Bonchev–Trinajstić information content (AvgIpc) is 3.53. The molecule has 0 unspecified atom stereocenters. The first kappa shape index (κ1) is 26.2. The van der Waals surface area contributed by atoms with E-state index in [2.05, 4.69) is 17.2 Å². The average molecular weight is 541 g/mol. The Balaban J connectivity index is 1.28. The quantitative estimate of drug-likeness (QED) is 0.286. The van der Waals surface area contributed by atoms with Crippen molar-refractivity contribution in [2.24, 2.45) is 11.3 Å². The predicted molar refractivity (Wildman–Crippen MR) is 149 cm³/mol. The van der Waals surface area contributed by atoms with Crippen LogP contribution in [0.3, 0.4) is 0 Å². The van der Waals surface area contributed by atoms with Crippen molar-refractivity contribution in [3.63, 3.8) is 0 Å². The minimum Gasteiger partial charge on any atom is -0.352 e. The Morgan fingerprint density at radius 1 is 1.03 bits per heavy atom. The van der Waals surface area contributed by atoms with E-state index in [1.807, 2.05) is 24.3 Å². The van der Waals surface area contributed by atoms with Crippen LogP contribution in [0.15, 0.2) is 30.3 Å². The number of ketones is 1. The van der Waals surface area contributed by atoms with Crippen LogP contribution in [0, 0.1) is 11.3 Å². The molecule has 2 saturated carbocycles. The Labute approximate surface area is 228 Å². The summed E-state index contributed by atoms with van der Waals surface area (Å²) in [7, 11) is 0. The molecule has 2 aromatic carbocycles. The van der Waals surface area contributed by atoms with Gasteiger partial charge in [0.1, 0.15) is 5.82 Å². The lowest BCUT2D eigenvalue weighted by molar-refractivity contribution is -0.132. The van der Waals surface area contributed by atoms with Gasteiger partial charge in [0.2, 0.25) is 5.91 Å². The van der Waals surface area contributed by atoms with E-state index in [4.69, 9.17) is 28.2 Å². The number of hydrogen-bond donors (Lipinski definition) is 2. The summed E-state index contributed by atoms with van der Waals surface area (Å²) in [6, 6.07) is 9.47. The minimum absolute atomic E-state index is 0.100. The molecule has 0 radical (unpaired) electrons. The van der Waals surface area contributed by atoms with Crippen LogP contribution >= 0.6 is 23.2 Å². The fourth-order valence-corrected chi connectivity index (χ4v) is 6.43. The van der Waals surface area contributed by atoms with E-state index < -0.39 is 0 Å². The third-order valence-corrected chi connectivity index (χ3v) is 8.98. The molecule has 0 atom stereocenters. The number of aromatic amines is 1. The third-order valence-electron chi connectivity index (χ3n) is 8.30. The van der Waals surface area contributed by atoms with Gasteiger partial charge in [-0.15, -0.1) is 0 Å². The number of carbonyl (C=O) groups is 2. The molecule has 0 saturated heterocycles. The second-order valence-electron chi connectivity index (χ2n) is 11.2. The molecule has 1 amide bonds. The fraction of sp³-hybridized carbons (Fsp3) is 0.500. The van der Waals surface area contributed by atoms with Crippen LogP contribution in [-0.2, 0) is 17.8 Å². The van der Waals surface area contributed by atoms with Crippen LogP contribution in [0.5, 0.6) is 0 Å². The van der Waals surface area contributed by atoms with Gasteiger partial charge in [-0.2, -0.15) is 0 Å². The lowest BCUT2D eigenvalue weighted by atomic mass is 9.75. The SMILES string of the molecule is CC1(C(=O)NCc2ccc(Cl)c(Cc3nc4cc(C(=O)CC5CCCC5)c(Cl)cc4[nH]3)c2)CCCCC1. The van der Waals surface area contributed by atoms with Gasteiger partial charge in [-0.05, 0) is 48.1 Å². The number of Topliss-reactive ketones (excluding diaryl/α,β-unsaturated/α-hetero) is 1. The standard InChI is InChI=1S/C30H35Cl2N3O2/c1-30(11-5-2-6-12-30)29(37)33-18-20-9-10-23(31)21(13-20)15-28-34-25-16-22(24(32)17-26(25)35-28)27(36)14-19-7-3-4-8-19/h9-10,13,16-17,19H,2-8,11-12,14-15,18H2,1H3,(H,33,37)(H,34,35). The zero-order valence-electron chi connectivity index (χ0n) is 21.5. The van der Waals surface area contributed by atoms with Gasteiger partial charge in [-0.3, -0.25) is 9.59 Å². The number of halogens is 2. The van der Waals surface area contributed by atoms with E-state index >= 15 is 0 Å². The van der Waals surface area contributed by atoms with Crippen molar-refractivity contribution in [2.75, 3.05) is 0 Å². The first-order valence-corrected chi connectivity index (χ1v) is 14.3. The monoisotopic (exact) mass is 539 g/mol. The maximum atomic E-state index is 12.9. The summed E-state index contributed by atoms with van der Waals surface area (Å²) in [5.74, 6) is 1.46. The first-order chi connectivity index (χ1) is 17.8. The maximum Gasteiger partial charge on any atom is 0.226 e. The highest BCUT2D eigenvalue weighted by molar-refractivity contribution is 6.34. The summed E-state index contributed by atoms with van der Waals surface area (Å²) in [5, 5.41) is 4.26. The van der Waals surface area contributed by atoms with Gasteiger partial charge in [-0.25, -0.2) is 4.98 Å². The molecule has 2 aliphatic carbocycles. The number of rotatable bonds is 8. The molecule has 2 aliphatic rings. The molecule has 2 fully saturated rings. The van der Waals surface area contributed by atoms with E-state index in [1.165, 1.54) is 19.3 Å². The summed E-state index contributed by atoms with van der Waals surface area (Å²) in [6.07, 6.45) is 11.1. The van der Waals surface area contributed by atoms with E-state index in [-0.39, 0.29) is 17.1 Å². The number of nitrogens with zero attached hydrogens (tertiary/aromatic N) is 1. The highest BCUT2D eigenvalue weighted by Crippen LogP contribution is 2.36. The number of amides is 1. The van der Waals surface area contributed by atoms with Crippen molar-refractivity contribution in [3.8, 4) is 0 Å². The first-order valence-electron chi connectivity index (χ1n) is 13.6. The largest absolute Gasteiger partial charge is 0.352 e. The summed E-state index contributed by atoms with van der Waals surface area (Å²) in [4.78, 5) is 33.8. The van der Waals surface area contributed by atoms with Crippen molar-refractivity contribution in [3.05, 3.63) is 62.9 Å². The lowest BCUT2D eigenvalue weighted by Gasteiger charge is -2.32. The van der Waals surface area contributed by atoms with Crippen LogP contribution in [0.2, 0.25) is 10.0 Å². The molecular formula is C30H35Cl2N3O2. The number of fused-ring (bicyclic) bond motifs is 1. The van der Waals surface area contributed by atoms with E-state index in [1.54, 1.807) is 6.07 Å². The number of carbonyl (C=O) groups excluding carboxylic acids is 2. The molecule has 1 heterocycles. The highest BCUT2D eigenvalue weighted by atomic mass is 35.5. The van der Waals surface area contributed by atoms with Gasteiger partial charge in [0, 0.05) is 35.4 Å². The number of hydrogen-bond acceptors (Lipinski definition) is 3. The summed E-state index contributed by atoms with van der Waals surface area (Å²) < 4.78 is 0. The van der Waals surface area contributed by atoms with Crippen LogP contribution in [-0.4, -0.2) is 21.7 Å². The highest BCUT2D eigenvalue weighted by Gasteiger charge is 2.34. The molecule has 1 aromatic heterocycles. The molecule has 37 heavy (non-hydrogen) atoms. The number of benzene rings is 2. The normalized spacial score (nSPS) is 17.8. The van der Waals surface area contributed by atoms with Crippen LogP contribution < -0.4 is 5.32 Å². The molecule has 2 N–H and O–H groups in total. The molecule has 3 aromatic rings. The Bertz CT molecular complexity index is 1300. The second kappa shape index (κ2) is 11.2. The molecule has 5 rings (SSSR count). The minimum atomic E-state index is -0.263. The molecule has 0 aliphatic heterocycles.